The smallest absolute Gasteiger partial charge is 0.158 e. The zero-order valence-corrected chi connectivity index (χ0v) is 17.8. The largest absolute Gasteiger partial charge is 0.338 e. The normalized spacial score (nSPS) is 14.7. The molecular weight excluding hydrogens is 368 g/mol. The zero-order valence-electron chi connectivity index (χ0n) is 17.0. The number of para-hydroxylation sites is 1. The Labute approximate surface area is 170 Å². The van der Waals surface area contributed by atoms with Gasteiger partial charge in [-0.15, -0.1) is 5.10 Å². The quantitative estimate of drug-likeness (QED) is 0.704. The van der Waals surface area contributed by atoms with E-state index < -0.39 is 0 Å². The van der Waals surface area contributed by atoms with E-state index in [1.165, 1.54) is 26.7 Å². The molecule has 1 aliphatic heterocycles. The summed E-state index contributed by atoms with van der Waals surface area (Å²) in [5.41, 5.74) is 3.40. The summed E-state index contributed by atoms with van der Waals surface area (Å²) in [6, 6.07) is 15.8. The van der Waals surface area contributed by atoms with Gasteiger partial charge in [0.2, 0.25) is 0 Å². The Bertz CT molecular complexity index is 967. The maximum absolute atomic E-state index is 4.16. The van der Waals surface area contributed by atoms with Crippen molar-refractivity contribution in [1.29, 1.82) is 0 Å². The number of nitrogens with zero attached hydrogens (tertiary/aromatic N) is 5. The summed E-state index contributed by atoms with van der Waals surface area (Å²) in [5.74, 6) is 0.768. The second-order valence-electron chi connectivity index (χ2n) is 8.05. The van der Waals surface area contributed by atoms with Gasteiger partial charge >= 0.3 is 0 Å². The van der Waals surface area contributed by atoms with Crippen LogP contribution < -0.4 is 4.90 Å². The van der Waals surface area contributed by atoms with Gasteiger partial charge in [0, 0.05) is 22.4 Å². The highest BCUT2D eigenvalue weighted by Crippen LogP contribution is 2.49. The Hall–Kier alpha value is -2.38. The average molecular weight is 395 g/mol. The number of H-pyrrole nitrogens is 1. The molecule has 7 heteroatoms. The van der Waals surface area contributed by atoms with Crippen LogP contribution in [0.2, 0.25) is 0 Å². The lowest BCUT2D eigenvalue weighted by Crippen LogP contribution is -2.37. The fourth-order valence-corrected chi connectivity index (χ4v) is 4.48. The monoisotopic (exact) mass is 394 g/mol. The molecule has 1 aliphatic rings. The van der Waals surface area contributed by atoms with Crippen molar-refractivity contribution in [1.82, 2.24) is 25.5 Å². The van der Waals surface area contributed by atoms with Crippen LogP contribution in [-0.4, -0.2) is 52.2 Å². The minimum Gasteiger partial charge on any atom is -0.338 e. The molecule has 0 bridgehead atoms. The molecule has 0 saturated heterocycles. The Kier molecular flexibility index (Phi) is 4.89. The first-order valence-electron chi connectivity index (χ1n) is 9.47. The highest BCUT2D eigenvalue weighted by atomic mass is 32.2. The third-order valence-corrected chi connectivity index (χ3v) is 6.74. The Morgan fingerprint density at radius 2 is 1.86 bits per heavy atom. The van der Waals surface area contributed by atoms with Crippen LogP contribution in [0.5, 0.6) is 0 Å². The van der Waals surface area contributed by atoms with E-state index in [0.29, 0.717) is 6.04 Å². The fraction of sp³-hybridized carbons (Fsp3) is 0.381. The molecule has 146 valence electrons. The van der Waals surface area contributed by atoms with Gasteiger partial charge in [-0.25, -0.2) is 5.10 Å². The van der Waals surface area contributed by atoms with Gasteiger partial charge in [0.15, 0.2) is 5.82 Å². The molecule has 0 amide bonds. The van der Waals surface area contributed by atoms with Crippen molar-refractivity contribution in [2.45, 2.75) is 42.0 Å². The van der Waals surface area contributed by atoms with Gasteiger partial charge in [0.05, 0.1) is 16.8 Å². The first-order chi connectivity index (χ1) is 13.4. The number of fused-ring (bicyclic) bond motifs is 2. The average Bonchev–Trinajstić information content (AvgIpc) is 3.23. The predicted molar refractivity (Wildman–Crippen MR) is 113 cm³/mol. The number of anilines is 2. The second-order valence-corrected chi connectivity index (χ2v) is 9.13. The van der Waals surface area contributed by atoms with Crippen LogP contribution in [-0.2, 0) is 5.41 Å². The lowest BCUT2D eigenvalue weighted by Gasteiger charge is -2.37. The summed E-state index contributed by atoms with van der Waals surface area (Å²) in [6.07, 6.45) is 0. The number of hydrogen-bond acceptors (Lipinski definition) is 6. The highest BCUT2D eigenvalue weighted by Gasteiger charge is 2.31. The van der Waals surface area contributed by atoms with E-state index >= 15 is 0 Å². The fourth-order valence-electron chi connectivity index (χ4n) is 3.40. The number of tetrazole rings is 1. The Balaban J connectivity index is 1.80. The van der Waals surface area contributed by atoms with E-state index in [0.717, 1.165) is 12.4 Å². The molecule has 1 aromatic heterocycles. The standard InChI is InChI=1S/C21H26N6S/c1-14(26(4)5)13-27-16-8-6-7-9-18(16)28-19-11-10-15(12-17(19)27)21(2,3)20-22-24-25-23-20/h6-12,14H,13H2,1-5H3,(H,22,23,24,25). The molecule has 0 saturated carbocycles. The van der Waals surface area contributed by atoms with Crippen LogP contribution >= 0.6 is 11.8 Å². The van der Waals surface area contributed by atoms with Gasteiger partial charge in [-0.3, -0.25) is 0 Å². The summed E-state index contributed by atoms with van der Waals surface area (Å²) in [5, 5.41) is 14.6. The number of rotatable bonds is 5. The molecule has 3 aromatic rings. The highest BCUT2D eigenvalue weighted by molar-refractivity contribution is 7.99. The van der Waals surface area contributed by atoms with Gasteiger partial charge in [0.1, 0.15) is 0 Å². The summed E-state index contributed by atoms with van der Waals surface area (Å²) in [6.45, 7) is 7.48. The van der Waals surface area contributed by atoms with E-state index in [-0.39, 0.29) is 5.41 Å². The zero-order chi connectivity index (χ0) is 19.9. The summed E-state index contributed by atoms with van der Waals surface area (Å²) in [7, 11) is 4.26. The van der Waals surface area contributed by atoms with Gasteiger partial charge in [0.25, 0.3) is 0 Å². The van der Waals surface area contributed by atoms with Crippen LogP contribution in [0.25, 0.3) is 0 Å². The number of hydrogen-bond donors (Lipinski definition) is 1. The van der Waals surface area contributed by atoms with E-state index in [9.17, 15) is 0 Å². The molecule has 6 nitrogen and oxygen atoms in total. The maximum Gasteiger partial charge on any atom is 0.158 e. The van der Waals surface area contributed by atoms with Crippen molar-refractivity contribution >= 4 is 23.1 Å². The molecule has 0 spiro atoms. The van der Waals surface area contributed by atoms with Crippen molar-refractivity contribution in [3.05, 3.63) is 53.9 Å². The van der Waals surface area contributed by atoms with Crippen LogP contribution in [0.3, 0.4) is 0 Å². The number of aromatic amines is 1. The van der Waals surface area contributed by atoms with Gasteiger partial charge < -0.3 is 9.80 Å². The molecule has 2 heterocycles. The van der Waals surface area contributed by atoms with Crippen LogP contribution in [0, 0.1) is 0 Å². The van der Waals surface area contributed by atoms with Crippen molar-refractivity contribution in [2.75, 3.05) is 25.5 Å². The number of likely N-dealkylation sites (N-methyl/N-ethyl adjacent to an activating group) is 1. The number of aromatic nitrogens is 4. The molecule has 1 atom stereocenters. The lowest BCUT2D eigenvalue weighted by molar-refractivity contribution is 0.319. The third kappa shape index (κ3) is 3.29. The molecule has 4 rings (SSSR count). The van der Waals surface area contributed by atoms with E-state index in [1.54, 1.807) is 0 Å². The van der Waals surface area contributed by atoms with Crippen molar-refractivity contribution < 1.29 is 0 Å². The molecule has 0 aliphatic carbocycles. The van der Waals surface area contributed by atoms with Gasteiger partial charge in [-0.2, -0.15) is 0 Å². The molecule has 28 heavy (non-hydrogen) atoms. The SMILES string of the molecule is CC(CN1c2ccccc2Sc2ccc(C(C)(C)c3nnn[nH]3)cc21)N(C)C. The molecule has 0 radical (unpaired) electrons. The minimum atomic E-state index is -0.307. The minimum absolute atomic E-state index is 0.307. The van der Waals surface area contributed by atoms with E-state index in [2.05, 4.69) is 108 Å². The Morgan fingerprint density at radius 1 is 1.11 bits per heavy atom. The topological polar surface area (TPSA) is 60.9 Å². The van der Waals surface area contributed by atoms with Gasteiger partial charge in [-0.1, -0.05) is 30.0 Å². The molecule has 0 fully saturated rings. The maximum atomic E-state index is 4.16. The number of benzene rings is 2. The van der Waals surface area contributed by atoms with E-state index in [1.807, 2.05) is 11.8 Å². The van der Waals surface area contributed by atoms with Gasteiger partial charge in [-0.05, 0) is 75.1 Å². The first kappa shape index (κ1) is 19.0. The van der Waals surface area contributed by atoms with Crippen molar-refractivity contribution in [2.24, 2.45) is 0 Å². The predicted octanol–water partition coefficient (Wildman–Crippen LogP) is 4.08. The van der Waals surface area contributed by atoms with Crippen molar-refractivity contribution in [3.63, 3.8) is 0 Å². The van der Waals surface area contributed by atoms with Crippen LogP contribution in [0.15, 0.2) is 52.3 Å². The molecular formula is C21H26N6S. The lowest BCUT2D eigenvalue weighted by atomic mass is 9.83. The third-order valence-electron chi connectivity index (χ3n) is 5.61. The van der Waals surface area contributed by atoms with Crippen LogP contribution in [0.1, 0.15) is 32.2 Å². The number of nitrogens with one attached hydrogen (secondary N) is 1. The molecule has 1 N–H and O–H groups in total. The summed E-state index contributed by atoms with van der Waals surface area (Å²) in [4.78, 5) is 7.29. The van der Waals surface area contributed by atoms with Crippen molar-refractivity contribution in [3.8, 4) is 0 Å². The molecule has 1 unspecified atom stereocenters. The van der Waals surface area contributed by atoms with E-state index in [4.69, 9.17) is 0 Å². The first-order valence-corrected chi connectivity index (χ1v) is 10.3. The summed E-state index contributed by atoms with van der Waals surface area (Å²) >= 11 is 1.84. The van der Waals surface area contributed by atoms with Crippen LogP contribution in [0.4, 0.5) is 11.4 Å². The Morgan fingerprint density at radius 3 is 2.57 bits per heavy atom. The second kappa shape index (κ2) is 7.22. The summed E-state index contributed by atoms with van der Waals surface area (Å²) < 4.78 is 0. The molecule has 2 aromatic carbocycles.